The van der Waals surface area contributed by atoms with Gasteiger partial charge < -0.3 is 9.64 Å². The van der Waals surface area contributed by atoms with E-state index in [9.17, 15) is 4.79 Å². The normalized spacial score (nSPS) is 25.2. The maximum atomic E-state index is 12.0. The van der Waals surface area contributed by atoms with E-state index in [1.165, 1.54) is 86.9 Å². The molecule has 0 bridgehead atoms. The first-order valence-corrected chi connectivity index (χ1v) is 11.4. The van der Waals surface area contributed by atoms with E-state index in [-0.39, 0.29) is 6.09 Å². The second-order valence-corrected chi connectivity index (χ2v) is 9.27. The van der Waals surface area contributed by atoms with E-state index in [0.717, 1.165) is 18.1 Å². The zero-order chi connectivity index (χ0) is 19.5. The lowest BCUT2D eigenvalue weighted by atomic mass is 9.79. The Kier molecular flexibility index (Phi) is 6.25. The maximum Gasteiger partial charge on any atom is 0.414 e. The van der Waals surface area contributed by atoms with E-state index < -0.39 is 0 Å². The second-order valence-electron chi connectivity index (χ2n) is 9.27. The number of ether oxygens (including phenoxy) is 1. The van der Waals surface area contributed by atoms with Gasteiger partial charge in [0.15, 0.2) is 0 Å². The van der Waals surface area contributed by atoms with Crippen LogP contribution in [0.25, 0.3) is 0 Å². The summed E-state index contributed by atoms with van der Waals surface area (Å²) in [4.78, 5) is 16.3. The van der Waals surface area contributed by atoms with Crippen molar-refractivity contribution < 1.29 is 9.53 Å². The van der Waals surface area contributed by atoms with Gasteiger partial charge in [-0.05, 0) is 68.3 Å². The molecule has 1 amide bonds. The minimum atomic E-state index is -0.286. The highest BCUT2D eigenvalue weighted by Gasteiger charge is 2.39. The number of carbonyl (C=O) groups excluding carboxylic acids is 1. The van der Waals surface area contributed by atoms with E-state index in [1.54, 1.807) is 14.1 Å². The standard InChI is InChI=1S/C24H36N2O2/c1-25(2)24(27)28-23-12-6-11-19-20-15-17-26(22(20)14-13-21(19)23)16-7-10-18-8-4-3-5-9-18/h6,11-12,18,20,22H,3-5,7-10,13-17H2,1-2H3/t20-,22+/m1/s1. The third-order valence-electron chi connectivity index (χ3n) is 7.26. The first-order valence-electron chi connectivity index (χ1n) is 11.4. The molecule has 0 aromatic heterocycles. The molecule has 3 aliphatic rings. The highest BCUT2D eigenvalue weighted by molar-refractivity contribution is 5.70. The van der Waals surface area contributed by atoms with Gasteiger partial charge in [-0.25, -0.2) is 4.79 Å². The molecular weight excluding hydrogens is 348 g/mol. The van der Waals surface area contributed by atoms with Crippen LogP contribution in [0.2, 0.25) is 0 Å². The lowest BCUT2D eigenvalue weighted by Crippen LogP contribution is -2.36. The van der Waals surface area contributed by atoms with Crippen molar-refractivity contribution in [2.24, 2.45) is 5.92 Å². The van der Waals surface area contributed by atoms with Gasteiger partial charge in [-0.3, -0.25) is 4.90 Å². The summed E-state index contributed by atoms with van der Waals surface area (Å²) in [5, 5.41) is 0. The molecule has 0 radical (unpaired) electrons. The van der Waals surface area contributed by atoms with Crippen LogP contribution in [0, 0.1) is 5.92 Å². The fraction of sp³-hybridized carbons (Fsp3) is 0.708. The van der Waals surface area contributed by atoms with Crippen molar-refractivity contribution in [3.8, 4) is 5.75 Å². The van der Waals surface area contributed by atoms with Crippen LogP contribution in [0.3, 0.4) is 0 Å². The predicted octanol–water partition coefficient (Wildman–Crippen LogP) is 5.21. The molecule has 1 saturated carbocycles. The number of hydrogen-bond donors (Lipinski definition) is 0. The second kappa shape index (κ2) is 8.86. The van der Waals surface area contributed by atoms with Crippen molar-refractivity contribution in [2.75, 3.05) is 27.2 Å². The Hall–Kier alpha value is -1.55. The summed E-state index contributed by atoms with van der Waals surface area (Å²) in [6.45, 7) is 2.49. The average Bonchev–Trinajstić information content (AvgIpc) is 3.12. The Bertz CT molecular complexity index is 681. The summed E-state index contributed by atoms with van der Waals surface area (Å²) in [5.74, 6) is 2.37. The van der Waals surface area contributed by atoms with Crippen LogP contribution in [0.1, 0.15) is 74.8 Å². The van der Waals surface area contributed by atoms with Crippen LogP contribution in [0.4, 0.5) is 4.79 Å². The molecule has 4 nitrogen and oxygen atoms in total. The highest BCUT2D eigenvalue weighted by Crippen LogP contribution is 2.44. The molecule has 1 heterocycles. The van der Waals surface area contributed by atoms with Crippen molar-refractivity contribution in [1.29, 1.82) is 0 Å². The SMILES string of the molecule is CN(C)C(=O)Oc1cccc2c1CC[C@H]1[C@@H]2CCN1CCCC1CCCCC1. The number of benzene rings is 1. The lowest BCUT2D eigenvalue weighted by Gasteiger charge is -2.34. The third kappa shape index (κ3) is 4.22. The van der Waals surface area contributed by atoms with Gasteiger partial charge >= 0.3 is 6.09 Å². The Balaban J connectivity index is 1.37. The maximum absolute atomic E-state index is 12.0. The van der Waals surface area contributed by atoms with Crippen molar-refractivity contribution in [1.82, 2.24) is 9.80 Å². The van der Waals surface area contributed by atoms with Crippen molar-refractivity contribution >= 4 is 6.09 Å². The number of hydrogen-bond acceptors (Lipinski definition) is 3. The molecule has 1 aromatic carbocycles. The quantitative estimate of drug-likeness (QED) is 0.698. The summed E-state index contributed by atoms with van der Waals surface area (Å²) in [6.07, 6.45) is 13.3. The molecule has 1 aliphatic heterocycles. The number of nitrogens with zero attached hydrogens (tertiary/aromatic N) is 2. The van der Waals surface area contributed by atoms with Crippen LogP contribution in [-0.4, -0.2) is 49.1 Å². The molecule has 0 unspecified atom stereocenters. The Morgan fingerprint density at radius 3 is 2.75 bits per heavy atom. The fourth-order valence-corrected chi connectivity index (χ4v) is 5.77. The summed E-state index contributed by atoms with van der Waals surface area (Å²) in [7, 11) is 3.46. The van der Waals surface area contributed by atoms with Crippen molar-refractivity contribution in [2.45, 2.75) is 76.2 Å². The molecule has 2 aliphatic carbocycles. The molecule has 1 saturated heterocycles. The minimum absolute atomic E-state index is 0.286. The average molecular weight is 385 g/mol. The molecule has 2 fully saturated rings. The monoisotopic (exact) mass is 384 g/mol. The molecule has 4 rings (SSSR count). The lowest BCUT2D eigenvalue weighted by molar-refractivity contribution is 0.170. The first kappa shape index (κ1) is 19.8. The van der Waals surface area contributed by atoms with Gasteiger partial charge in [0.25, 0.3) is 0 Å². The van der Waals surface area contributed by atoms with Gasteiger partial charge in [-0.2, -0.15) is 0 Å². The van der Waals surface area contributed by atoms with E-state index >= 15 is 0 Å². The molecule has 4 heteroatoms. The molecule has 154 valence electrons. The number of rotatable bonds is 5. The molecule has 2 atom stereocenters. The predicted molar refractivity (Wildman–Crippen MR) is 113 cm³/mol. The Labute approximate surface area is 170 Å². The molecule has 0 N–H and O–H groups in total. The number of amides is 1. The fourth-order valence-electron chi connectivity index (χ4n) is 5.77. The van der Waals surface area contributed by atoms with Crippen molar-refractivity contribution in [3.05, 3.63) is 29.3 Å². The topological polar surface area (TPSA) is 32.8 Å². The van der Waals surface area contributed by atoms with Crippen LogP contribution >= 0.6 is 0 Å². The third-order valence-corrected chi connectivity index (χ3v) is 7.26. The summed E-state index contributed by atoms with van der Waals surface area (Å²) in [6, 6.07) is 6.96. The van der Waals surface area contributed by atoms with Gasteiger partial charge in [-0.15, -0.1) is 0 Å². The zero-order valence-electron chi connectivity index (χ0n) is 17.7. The van der Waals surface area contributed by atoms with Gasteiger partial charge in [0.1, 0.15) is 5.75 Å². The van der Waals surface area contributed by atoms with Crippen molar-refractivity contribution in [3.63, 3.8) is 0 Å². The van der Waals surface area contributed by atoms with E-state index in [4.69, 9.17) is 4.74 Å². The largest absolute Gasteiger partial charge is 0.414 e. The molecular formula is C24H36N2O2. The number of fused-ring (bicyclic) bond motifs is 3. The molecule has 0 spiro atoms. The number of carbonyl (C=O) groups is 1. The van der Waals surface area contributed by atoms with Crippen LogP contribution in [0.5, 0.6) is 5.75 Å². The Morgan fingerprint density at radius 2 is 1.96 bits per heavy atom. The van der Waals surface area contributed by atoms with E-state index in [1.807, 2.05) is 6.07 Å². The Morgan fingerprint density at radius 1 is 1.14 bits per heavy atom. The molecule has 1 aromatic rings. The van der Waals surface area contributed by atoms with E-state index in [2.05, 4.69) is 17.0 Å². The first-order chi connectivity index (χ1) is 13.6. The van der Waals surface area contributed by atoms with E-state index in [0.29, 0.717) is 12.0 Å². The molecule has 28 heavy (non-hydrogen) atoms. The van der Waals surface area contributed by atoms with Crippen LogP contribution in [0.15, 0.2) is 18.2 Å². The highest BCUT2D eigenvalue weighted by atomic mass is 16.6. The van der Waals surface area contributed by atoms with Crippen LogP contribution in [-0.2, 0) is 6.42 Å². The van der Waals surface area contributed by atoms with Crippen LogP contribution < -0.4 is 4.74 Å². The van der Waals surface area contributed by atoms with Gasteiger partial charge in [0.2, 0.25) is 0 Å². The van der Waals surface area contributed by atoms with Gasteiger partial charge in [0, 0.05) is 26.1 Å². The zero-order valence-corrected chi connectivity index (χ0v) is 17.7. The van der Waals surface area contributed by atoms with Gasteiger partial charge in [0.05, 0.1) is 0 Å². The summed E-state index contributed by atoms with van der Waals surface area (Å²) < 4.78 is 5.65. The summed E-state index contributed by atoms with van der Waals surface area (Å²) >= 11 is 0. The number of likely N-dealkylation sites (tertiary alicyclic amines) is 1. The minimum Gasteiger partial charge on any atom is -0.410 e. The smallest absolute Gasteiger partial charge is 0.410 e. The summed E-state index contributed by atoms with van der Waals surface area (Å²) in [5.41, 5.74) is 2.69. The van der Waals surface area contributed by atoms with Gasteiger partial charge in [-0.1, -0.05) is 44.2 Å².